The number of anilines is 1. The van der Waals surface area contributed by atoms with Crippen LogP contribution in [0.2, 0.25) is 5.02 Å². The minimum absolute atomic E-state index is 0.155. The van der Waals surface area contributed by atoms with Crippen molar-refractivity contribution >= 4 is 23.2 Å². The summed E-state index contributed by atoms with van der Waals surface area (Å²) >= 11 is 6.01. The summed E-state index contributed by atoms with van der Waals surface area (Å²) in [5.74, 6) is 0.265. The molecule has 3 nitrogen and oxygen atoms in total. The molecular weight excluding hydrogens is 260 g/mol. The molecule has 1 saturated carbocycles. The Kier molecular flexibility index (Phi) is 3.27. The van der Waals surface area contributed by atoms with Gasteiger partial charge < -0.3 is 10.6 Å². The van der Waals surface area contributed by atoms with Gasteiger partial charge in [-0.15, -0.1) is 0 Å². The van der Waals surface area contributed by atoms with Crippen LogP contribution in [0.25, 0.3) is 0 Å². The lowest BCUT2D eigenvalue weighted by Gasteiger charge is -2.34. The average Bonchev–Trinajstić information content (AvgIpc) is 2.71. The highest BCUT2D eigenvalue weighted by atomic mass is 35.5. The average molecular weight is 279 g/mol. The third-order valence-corrected chi connectivity index (χ3v) is 4.86. The summed E-state index contributed by atoms with van der Waals surface area (Å²) in [4.78, 5) is 14.6. The first-order chi connectivity index (χ1) is 9.11. The number of rotatable bonds is 1. The van der Waals surface area contributed by atoms with Crippen molar-refractivity contribution in [3.8, 4) is 0 Å². The van der Waals surface area contributed by atoms with E-state index in [0.717, 1.165) is 44.3 Å². The molecule has 1 aromatic carbocycles. The Hall–Kier alpha value is -1.06. The third-order valence-electron chi connectivity index (χ3n) is 4.62. The van der Waals surface area contributed by atoms with Crippen LogP contribution in [0.3, 0.4) is 0 Å². The van der Waals surface area contributed by atoms with E-state index in [9.17, 15) is 4.79 Å². The van der Waals surface area contributed by atoms with E-state index in [1.807, 2.05) is 29.2 Å². The minimum atomic E-state index is -0.155. The van der Waals surface area contributed by atoms with Crippen molar-refractivity contribution in [3.63, 3.8) is 0 Å². The van der Waals surface area contributed by atoms with Crippen LogP contribution in [0.4, 0.5) is 5.69 Å². The number of carbonyl (C=O) groups is 1. The number of carbonyl (C=O) groups excluding carboxylic acids is 1. The first kappa shape index (κ1) is 12.9. The summed E-state index contributed by atoms with van der Waals surface area (Å²) in [6.07, 6.45) is 4.75. The number of hydrogen-bond acceptors (Lipinski definition) is 2. The van der Waals surface area contributed by atoms with Gasteiger partial charge in [0.2, 0.25) is 5.91 Å². The van der Waals surface area contributed by atoms with Crippen LogP contribution in [-0.2, 0) is 4.79 Å². The standard InChI is InChI=1S/C15H19ClN2O/c16-11-2-1-3-13(10-11)18-9-8-15(14(18)19)6-4-12(17)5-7-15/h1-3,10,12H,4-9,17H2. The summed E-state index contributed by atoms with van der Waals surface area (Å²) in [6, 6.07) is 7.83. The molecule has 1 amide bonds. The topological polar surface area (TPSA) is 46.3 Å². The molecule has 1 aromatic rings. The Morgan fingerprint density at radius 1 is 1.26 bits per heavy atom. The zero-order valence-corrected chi connectivity index (χ0v) is 11.7. The van der Waals surface area contributed by atoms with Crippen LogP contribution in [0.15, 0.2) is 24.3 Å². The van der Waals surface area contributed by atoms with E-state index in [4.69, 9.17) is 17.3 Å². The van der Waals surface area contributed by atoms with Gasteiger partial charge in [0.1, 0.15) is 0 Å². The number of nitrogens with zero attached hydrogens (tertiary/aromatic N) is 1. The fraction of sp³-hybridized carbons (Fsp3) is 0.533. The van der Waals surface area contributed by atoms with Gasteiger partial charge in [-0.25, -0.2) is 0 Å². The number of amides is 1. The first-order valence-corrected chi connectivity index (χ1v) is 7.32. The molecule has 2 N–H and O–H groups in total. The van der Waals surface area contributed by atoms with E-state index in [-0.39, 0.29) is 17.4 Å². The van der Waals surface area contributed by atoms with E-state index in [1.54, 1.807) is 0 Å². The molecule has 1 spiro atoms. The SMILES string of the molecule is NC1CCC2(CC1)CCN(c1cccc(Cl)c1)C2=O. The largest absolute Gasteiger partial charge is 0.328 e. The van der Waals surface area contributed by atoms with Crippen molar-refractivity contribution in [2.45, 2.75) is 38.1 Å². The highest BCUT2D eigenvalue weighted by Crippen LogP contribution is 2.45. The molecule has 102 valence electrons. The Labute approximate surface area is 118 Å². The quantitative estimate of drug-likeness (QED) is 0.858. The number of halogens is 1. The summed E-state index contributed by atoms with van der Waals surface area (Å²) in [5.41, 5.74) is 6.72. The lowest BCUT2D eigenvalue weighted by Crippen LogP contribution is -2.40. The maximum Gasteiger partial charge on any atom is 0.233 e. The van der Waals surface area contributed by atoms with Crippen LogP contribution in [0.5, 0.6) is 0 Å². The van der Waals surface area contributed by atoms with E-state index < -0.39 is 0 Å². The maximum atomic E-state index is 12.7. The van der Waals surface area contributed by atoms with Gasteiger partial charge >= 0.3 is 0 Å². The highest BCUT2D eigenvalue weighted by molar-refractivity contribution is 6.31. The number of hydrogen-bond donors (Lipinski definition) is 1. The van der Waals surface area contributed by atoms with Crippen molar-refractivity contribution in [1.82, 2.24) is 0 Å². The van der Waals surface area contributed by atoms with E-state index in [2.05, 4.69) is 0 Å². The lowest BCUT2D eigenvalue weighted by atomic mass is 9.71. The highest BCUT2D eigenvalue weighted by Gasteiger charge is 2.48. The monoisotopic (exact) mass is 278 g/mol. The zero-order valence-electron chi connectivity index (χ0n) is 10.9. The molecule has 3 rings (SSSR count). The molecule has 4 heteroatoms. The van der Waals surface area contributed by atoms with Gasteiger partial charge in [0.25, 0.3) is 0 Å². The number of benzene rings is 1. The second kappa shape index (κ2) is 4.80. The molecule has 0 aromatic heterocycles. The summed E-state index contributed by atoms with van der Waals surface area (Å²) in [5, 5.41) is 0.678. The van der Waals surface area contributed by atoms with Gasteiger partial charge in [-0.05, 0) is 50.3 Å². The fourth-order valence-corrected chi connectivity index (χ4v) is 3.55. The van der Waals surface area contributed by atoms with Gasteiger partial charge in [-0.1, -0.05) is 17.7 Å². The van der Waals surface area contributed by atoms with Crippen LogP contribution in [-0.4, -0.2) is 18.5 Å². The van der Waals surface area contributed by atoms with E-state index >= 15 is 0 Å². The second-order valence-electron chi connectivity index (χ2n) is 5.80. The third kappa shape index (κ3) is 2.26. The van der Waals surface area contributed by atoms with Crippen LogP contribution >= 0.6 is 11.6 Å². The summed E-state index contributed by atoms with van der Waals surface area (Å²) in [7, 11) is 0. The molecule has 1 aliphatic heterocycles. The van der Waals surface area contributed by atoms with Crippen LogP contribution in [0.1, 0.15) is 32.1 Å². The molecule has 0 radical (unpaired) electrons. The Morgan fingerprint density at radius 2 is 2.00 bits per heavy atom. The second-order valence-corrected chi connectivity index (χ2v) is 6.24. The van der Waals surface area contributed by atoms with E-state index in [0.29, 0.717) is 5.02 Å². The Bertz CT molecular complexity index is 495. The van der Waals surface area contributed by atoms with Gasteiger partial charge in [-0.2, -0.15) is 0 Å². The molecule has 0 unspecified atom stereocenters. The lowest BCUT2D eigenvalue weighted by molar-refractivity contribution is -0.127. The van der Waals surface area contributed by atoms with Crippen LogP contribution < -0.4 is 10.6 Å². The van der Waals surface area contributed by atoms with Crippen molar-refractivity contribution in [2.24, 2.45) is 11.1 Å². The molecule has 0 bridgehead atoms. The van der Waals surface area contributed by atoms with Crippen molar-refractivity contribution < 1.29 is 4.79 Å². The summed E-state index contributed by atoms with van der Waals surface area (Å²) < 4.78 is 0. The van der Waals surface area contributed by atoms with Crippen molar-refractivity contribution in [2.75, 3.05) is 11.4 Å². The molecule has 1 aliphatic carbocycles. The minimum Gasteiger partial charge on any atom is -0.328 e. The van der Waals surface area contributed by atoms with Gasteiger partial charge in [0.15, 0.2) is 0 Å². The predicted molar refractivity (Wildman–Crippen MR) is 77.3 cm³/mol. The Balaban J connectivity index is 1.82. The normalized spacial score (nSPS) is 31.2. The fourth-order valence-electron chi connectivity index (χ4n) is 3.37. The van der Waals surface area contributed by atoms with Gasteiger partial charge in [0, 0.05) is 23.3 Å². The molecule has 2 aliphatic rings. The molecule has 0 atom stereocenters. The molecular formula is C15H19ClN2O. The molecule has 1 heterocycles. The number of nitrogens with two attached hydrogens (primary N) is 1. The Morgan fingerprint density at radius 3 is 2.68 bits per heavy atom. The van der Waals surface area contributed by atoms with Crippen molar-refractivity contribution in [1.29, 1.82) is 0 Å². The van der Waals surface area contributed by atoms with Gasteiger partial charge in [-0.3, -0.25) is 4.79 Å². The summed E-state index contributed by atoms with van der Waals surface area (Å²) in [6.45, 7) is 0.800. The van der Waals surface area contributed by atoms with E-state index in [1.165, 1.54) is 0 Å². The van der Waals surface area contributed by atoms with Gasteiger partial charge in [0.05, 0.1) is 5.41 Å². The first-order valence-electron chi connectivity index (χ1n) is 6.94. The maximum absolute atomic E-state index is 12.7. The molecule has 19 heavy (non-hydrogen) atoms. The van der Waals surface area contributed by atoms with Crippen molar-refractivity contribution in [3.05, 3.63) is 29.3 Å². The predicted octanol–water partition coefficient (Wildman–Crippen LogP) is 2.96. The molecule has 1 saturated heterocycles. The van der Waals surface area contributed by atoms with Crippen LogP contribution in [0, 0.1) is 5.41 Å². The smallest absolute Gasteiger partial charge is 0.233 e. The molecule has 2 fully saturated rings. The zero-order chi connectivity index (χ0) is 13.5.